The van der Waals surface area contributed by atoms with E-state index in [2.05, 4.69) is 10.6 Å². The van der Waals surface area contributed by atoms with Crippen LogP contribution in [0.4, 0.5) is 14.9 Å². The molecule has 1 aliphatic rings. The molecule has 34 heavy (non-hydrogen) atoms. The van der Waals surface area contributed by atoms with Crippen molar-refractivity contribution in [3.63, 3.8) is 0 Å². The standard InChI is InChI=1S/C26H23FN2O5/c1-26(2,24(32)28-22-12-11-15(23(30)31)13-21(22)27)29-25(33)34-14-20-18-9-5-3-7-16(18)17-8-4-6-10-19(17)20/h3-13,20H,14H2,1-2H3,(H,28,32)(H,29,33)(H,30,31). The number of fused-ring (bicyclic) bond motifs is 3. The van der Waals surface area contributed by atoms with Gasteiger partial charge in [-0.25, -0.2) is 14.0 Å². The maximum atomic E-state index is 14.2. The molecule has 174 valence electrons. The lowest BCUT2D eigenvalue weighted by atomic mass is 9.98. The molecule has 8 heteroatoms. The molecule has 3 aromatic carbocycles. The Balaban J connectivity index is 1.40. The van der Waals surface area contributed by atoms with Crippen molar-refractivity contribution in [2.45, 2.75) is 25.3 Å². The Kier molecular flexibility index (Phi) is 6.06. The van der Waals surface area contributed by atoms with E-state index in [4.69, 9.17) is 9.84 Å². The van der Waals surface area contributed by atoms with E-state index in [1.807, 2.05) is 48.5 Å². The van der Waals surface area contributed by atoms with Gasteiger partial charge in [0.05, 0.1) is 11.3 Å². The number of ether oxygens (including phenoxy) is 1. The fourth-order valence-corrected chi connectivity index (χ4v) is 3.97. The first-order valence-electron chi connectivity index (χ1n) is 10.6. The number of carbonyl (C=O) groups is 3. The average molecular weight is 462 g/mol. The number of amides is 2. The Bertz CT molecular complexity index is 1240. The predicted molar refractivity (Wildman–Crippen MR) is 124 cm³/mol. The summed E-state index contributed by atoms with van der Waals surface area (Å²) < 4.78 is 19.6. The summed E-state index contributed by atoms with van der Waals surface area (Å²) in [6, 6.07) is 19.0. The average Bonchev–Trinajstić information content (AvgIpc) is 3.12. The molecule has 0 atom stereocenters. The molecule has 3 N–H and O–H groups in total. The molecule has 0 fully saturated rings. The number of alkyl carbamates (subject to hydrolysis) is 1. The van der Waals surface area contributed by atoms with Crippen LogP contribution in [0.15, 0.2) is 66.7 Å². The molecule has 2 amide bonds. The second kappa shape index (κ2) is 8.97. The second-order valence-electron chi connectivity index (χ2n) is 8.53. The largest absolute Gasteiger partial charge is 0.478 e. The lowest BCUT2D eigenvalue weighted by Gasteiger charge is -2.25. The highest BCUT2D eigenvalue weighted by molar-refractivity contribution is 5.99. The maximum absolute atomic E-state index is 14.2. The number of carboxylic acids is 1. The van der Waals surface area contributed by atoms with Gasteiger partial charge in [-0.1, -0.05) is 48.5 Å². The quantitative estimate of drug-likeness (QED) is 0.489. The van der Waals surface area contributed by atoms with Crippen LogP contribution in [0.1, 0.15) is 41.3 Å². The molecule has 3 aromatic rings. The van der Waals surface area contributed by atoms with Crippen LogP contribution in [0, 0.1) is 5.82 Å². The normalized spacial score (nSPS) is 12.4. The second-order valence-corrected chi connectivity index (χ2v) is 8.53. The van der Waals surface area contributed by atoms with Gasteiger partial charge < -0.3 is 20.5 Å². The zero-order valence-corrected chi connectivity index (χ0v) is 18.6. The number of rotatable bonds is 6. The van der Waals surface area contributed by atoms with Crippen LogP contribution >= 0.6 is 0 Å². The molecule has 0 heterocycles. The summed E-state index contributed by atoms with van der Waals surface area (Å²) in [5, 5.41) is 13.8. The number of halogens is 1. The lowest BCUT2D eigenvalue weighted by molar-refractivity contribution is -0.121. The van der Waals surface area contributed by atoms with Crippen molar-refractivity contribution in [2.24, 2.45) is 0 Å². The summed E-state index contributed by atoms with van der Waals surface area (Å²) in [6.45, 7) is 2.99. The Hall–Kier alpha value is -4.20. The van der Waals surface area contributed by atoms with Crippen LogP contribution < -0.4 is 10.6 Å². The molecule has 0 spiro atoms. The molecule has 0 aromatic heterocycles. The Labute approximate surface area is 195 Å². The topological polar surface area (TPSA) is 105 Å². The number of carboxylic acid groups (broad SMARTS) is 1. The van der Waals surface area contributed by atoms with Crippen LogP contribution in [0.3, 0.4) is 0 Å². The van der Waals surface area contributed by atoms with E-state index >= 15 is 0 Å². The molecule has 0 unspecified atom stereocenters. The SMILES string of the molecule is CC(C)(NC(=O)OCC1c2ccccc2-c2ccccc21)C(=O)Nc1ccc(C(=O)O)cc1F. The molecular formula is C26H23FN2O5. The minimum Gasteiger partial charge on any atom is -0.478 e. The fraction of sp³-hybridized carbons (Fsp3) is 0.192. The van der Waals surface area contributed by atoms with Gasteiger partial charge in [0.25, 0.3) is 0 Å². The molecule has 0 radical (unpaired) electrons. The summed E-state index contributed by atoms with van der Waals surface area (Å²) in [4.78, 5) is 36.1. The first kappa shape index (κ1) is 23.0. The van der Waals surface area contributed by atoms with Crippen molar-refractivity contribution in [3.8, 4) is 11.1 Å². The number of hydrogen-bond acceptors (Lipinski definition) is 4. The third kappa shape index (κ3) is 4.47. The molecule has 0 saturated carbocycles. The van der Waals surface area contributed by atoms with Gasteiger partial charge in [0.1, 0.15) is 18.0 Å². The zero-order chi connectivity index (χ0) is 24.5. The molecule has 4 rings (SSSR count). The van der Waals surface area contributed by atoms with Crippen molar-refractivity contribution in [3.05, 3.63) is 89.2 Å². The summed E-state index contributed by atoms with van der Waals surface area (Å²) in [5.74, 6) is -3.00. The highest BCUT2D eigenvalue weighted by atomic mass is 19.1. The molecule has 0 saturated heterocycles. The zero-order valence-electron chi connectivity index (χ0n) is 18.6. The van der Waals surface area contributed by atoms with Crippen LogP contribution in [-0.2, 0) is 9.53 Å². The minimum atomic E-state index is -1.43. The van der Waals surface area contributed by atoms with E-state index in [0.717, 1.165) is 34.4 Å². The molecule has 1 aliphatic carbocycles. The number of hydrogen-bond donors (Lipinski definition) is 3. The van der Waals surface area contributed by atoms with Crippen LogP contribution in [0.5, 0.6) is 0 Å². The highest BCUT2D eigenvalue weighted by Crippen LogP contribution is 2.44. The fourth-order valence-electron chi connectivity index (χ4n) is 3.97. The third-order valence-corrected chi connectivity index (χ3v) is 5.79. The number of anilines is 1. The van der Waals surface area contributed by atoms with Gasteiger partial charge in [-0.3, -0.25) is 4.79 Å². The van der Waals surface area contributed by atoms with Crippen LogP contribution in [0.2, 0.25) is 0 Å². The molecular weight excluding hydrogens is 439 g/mol. The minimum absolute atomic E-state index is 0.0861. The van der Waals surface area contributed by atoms with Crippen LogP contribution in [-0.4, -0.2) is 35.2 Å². The first-order chi connectivity index (χ1) is 16.2. The number of aromatic carboxylic acids is 1. The first-order valence-corrected chi connectivity index (χ1v) is 10.6. The third-order valence-electron chi connectivity index (χ3n) is 5.79. The number of benzene rings is 3. The Morgan fingerprint density at radius 2 is 1.56 bits per heavy atom. The van der Waals surface area contributed by atoms with E-state index in [9.17, 15) is 18.8 Å². The van der Waals surface area contributed by atoms with Gasteiger partial charge in [0.2, 0.25) is 5.91 Å². The van der Waals surface area contributed by atoms with E-state index in [1.54, 1.807) is 0 Å². The summed E-state index contributed by atoms with van der Waals surface area (Å²) in [7, 11) is 0. The summed E-state index contributed by atoms with van der Waals surface area (Å²) in [5.41, 5.74) is 2.46. The monoisotopic (exact) mass is 462 g/mol. The van der Waals surface area contributed by atoms with Crippen molar-refractivity contribution >= 4 is 23.7 Å². The van der Waals surface area contributed by atoms with E-state index in [1.165, 1.54) is 19.9 Å². The summed E-state index contributed by atoms with van der Waals surface area (Å²) >= 11 is 0. The number of nitrogens with one attached hydrogen (secondary N) is 2. The Morgan fingerprint density at radius 1 is 0.971 bits per heavy atom. The van der Waals surface area contributed by atoms with Crippen LogP contribution in [0.25, 0.3) is 11.1 Å². The van der Waals surface area contributed by atoms with Crippen molar-refractivity contribution in [2.75, 3.05) is 11.9 Å². The van der Waals surface area contributed by atoms with E-state index in [0.29, 0.717) is 0 Å². The Morgan fingerprint density at radius 3 is 2.12 bits per heavy atom. The van der Waals surface area contributed by atoms with E-state index in [-0.39, 0.29) is 23.8 Å². The van der Waals surface area contributed by atoms with E-state index < -0.39 is 29.3 Å². The van der Waals surface area contributed by atoms with Gasteiger partial charge in [0.15, 0.2) is 0 Å². The summed E-state index contributed by atoms with van der Waals surface area (Å²) in [6.07, 6.45) is -0.788. The van der Waals surface area contributed by atoms with Gasteiger partial charge in [-0.2, -0.15) is 0 Å². The molecule has 0 aliphatic heterocycles. The van der Waals surface area contributed by atoms with Crippen molar-refractivity contribution < 1.29 is 28.6 Å². The molecule has 0 bridgehead atoms. The predicted octanol–water partition coefficient (Wildman–Crippen LogP) is 4.78. The van der Waals surface area contributed by atoms with Gasteiger partial charge in [0, 0.05) is 5.92 Å². The van der Waals surface area contributed by atoms with Gasteiger partial charge in [-0.05, 0) is 54.3 Å². The molecule has 7 nitrogen and oxygen atoms in total. The highest BCUT2D eigenvalue weighted by Gasteiger charge is 2.33. The van der Waals surface area contributed by atoms with Crippen molar-refractivity contribution in [1.29, 1.82) is 0 Å². The van der Waals surface area contributed by atoms with Crippen molar-refractivity contribution in [1.82, 2.24) is 5.32 Å². The number of carbonyl (C=O) groups excluding carboxylic acids is 2. The maximum Gasteiger partial charge on any atom is 0.408 e. The lowest BCUT2D eigenvalue weighted by Crippen LogP contribution is -2.52. The van der Waals surface area contributed by atoms with Gasteiger partial charge in [-0.15, -0.1) is 0 Å². The van der Waals surface area contributed by atoms with Gasteiger partial charge >= 0.3 is 12.1 Å². The smallest absolute Gasteiger partial charge is 0.408 e.